The molecule has 0 aromatic carbocycles. The second-order valence-electron chi connectivity index (χ2n) is 6.29. The fourth-order valence-electron chi connectivity index (χ4n) is 3.65. The highest BCUT2D eigenvalue weighted by atomic mass is 16.5. The summed E-state index contributed by atoms with van der Waals surface area (Å²) in [5, 5.41) is 3.01. The van der Waals surface area contributed by atoms with Gasteiger partial charge in [-0.1, -0.05) is 0 Å². The molecule has 126 valence electrons. The predicted molar refractivity (Wildman–Crippen MR) is 86.2 cm³/mol. The number of hydrogen-bond acceptors (Lipinski definition) is 6. The Bertz CT molecular complexity index is 691. The van der Waals surface area contributed by atoms with Crippen LogP contribution in [0.15, 0.2) is 41.3 Å². The first kappa shape index (κ1) is 15.1. The summed E-state index contributed by atoms with van der Waals surface area (Å²) >= 11 is 0. The van der Waals surface area contributed by atoms with Crippen molar-refractivity contribution in [3.63, 3.8) is 0 Å². The normalized spacial score (nSPS) is 26.2. The molecule has 1 amide bonds. The molecule has 2 aromatic rings. The van der Waals surface area contributed by atoms with Crippen molar-refractivity contribution in [2.24, 2.45) is 5.41 Å². The zero-order chi connectivity index (χ0) is 16.4. The van der Waals surface area contributed by atoms with E-state index in [0.717, 1.165) is 18.7 Å². The Morgan fingerprint density at radius 3 is 3.04 bits per heavy atom. The van der Waals surface area contributed by atoms with Crippen molar-refractivity contribution in [3.05, 3.63) is 42.6 Å². The number of nitrogens with zero attached hydrogens (tertiary/aromatic N) is 3. The van der Waals surface area contributed by atoms with Gasteiger partial charge in [-0.3, -0.25) is 4.79 Å². The number of ether oxygens (including phenoxy) is 1. The van der Waals surface area contributed by atoms with E-state index in [1.54, 1.807) is 24.7 Å². The van der Waals surface area contributed by atoms with Crippen LogP contribution in [-0.4, -0.2) is 41.7 Å². The number of fused-ring (bicyclic) bond motifs is 1. The van der Waals surface area contributed by atoms with Gasteiger partial charge in [-0.15, -0.1) is 0 Å². The number of carbonyl (C=O) groups excluding carboxylic acids is 1. The molecule has 2 fully saturated rings. The fourth-order valence-corrected chi connectivity index (χ4v) is 3.65. The van der Waals surface area contributed by atoms with Crippen LogP contribution in [0.4, 0.5) is 5.95 Å². The van der Waals surface area contributed by atoms with Crippen molar-refractivity contribution in [3.8, 4) is 0 Å². The molecule has 1 N–H and O–H groups in total. The molecule has 7 heteroatoms. The molecular weight excluding hydrogens is 308 g/mol. The second kappa shape index (κ2) is 6.24. The lowest BCUT2D eigenvalue weighted by molar-refractivity contribution is -0.135. The van der Waals surface area contributed by atoms with Crippen molar-refractivity contribution >= 4 is 11.9 Å². The minimum absolute atomic E-state index is 0.0158. The van der Waals surface area contributed by atoms with E-state index < -0.39 is 5.41 Å². The van der Waals surface area contributed by atoms with E-state index in [4.69, 9.17) is 9.15 Å². The Morgan fingerprint density at radius 2 is 2.25 bits per heavy atom. The van der Waals surface area contributed by atoms with Gasteiger partial charge in [0.15, 0.2) is 0 Å². The van der Waals surface area contributed by atoms with Gasteiger partial charge >= 0.3 is 0 Å². The summed E-state index contributed by atoms with van der Waals surface area (Å²) in [6, 6.07) is 5.46. The predicted octanol–water partition coefficient (Wildman–Crippen LogP) is 1.37. The Hall–Kier alpha value is -2.41. The van der Waals surface area contributed by atoms with Crippen LogP contribution in [0.5, 0.6) is 0 Å². The molecule has 2 atom stereocenters. The van der Waals surface area contributed by atoms with Crippen LogP contribution in [0, 0.1) is 5.41 Å². The largest absolute Gasteiger partial charge is 0.467 e. The molecule has 0 bridgehead atoms. The summed E-state index contributed by atoms with van der Waals surface area (Å²) in [5.41, 5.74) is -0.552. The molecule has 0 saturated carbocycles. The van der Waals surface area contributed by atoms with Crippen LogP contribution in [-0.2, 0) is 16.1 Å². The highest BCUT2D eigenvalue weighted by Gasteiger charge is 2.53. The van der Waals surface area contributed by atoms with Gasteiger partial charge < -0.3 is 19.4 Å². The molecule has 24 heavy (non-hydrogen) atoms. The summed E-state index contributed by atoms with van der Waals surface area (Å²) in [5.74, 6) is 1.43. The quantitative estimate of drug-likeness (QED) is 0.913. The van der Waals surface area contributed by atoms with Crippen LogP contribution in [0.3, 0.4) is 0 Å². The Morgan fingerprint density at radius 1 is 1.38 bits per heavy atom. The molecule has 2 aliphatic rings. The number of rotatable bonds is 4. The Balaban J connectivity index is 1.52. The molecule has 4 rings (SSSR count). The maximum absolute atomic E-state index is 13.0. The number of amides is 1. The molecule has 0 radical (unpaired) electrons. The molecule has 4 heterocycles. The maximum atomic E-state index is 13.0. The summed E-state index contributed by atoms with van der Waals surface area (Å²) < 4.78 is 11.1. The van der Waals surface area contributed by atoms with E-state index >= 15 is 0 Å². The van der Waals surface area contributed by atoms with E-state index in [0.29, 0.717) is 32.1 Å². The second-order valence-corrected chi connectivity index (χ2v) is 6.29. The van der Waals surface area contributed by atoms with Gasteiger partial charge in [0, 0.05) is 32.1 Å². The molecule has 0 spiro atoms. The third kappa shape index (κ3) is 2.65. The van der Waals surface area contributed by atoms with Crippen LogP contribution in [0.25, 0.3) is 0 Å². The zero-order valence-electron chi connectivity index (χ0n) is 13.4. The maximum Gasteiger partial charge on any atom is 0.231 e. The van der Waals surface area contributed by atoms with Crippen LogP contribution >= 0.6 is 0 Å². The van der Waals surface area contributed by atoms with E-state index in [1.807, 2.05) is 12.1 Å². The lowest BCUT2D eigenvalue weighted by Crippen LogP contribution is -2.57. The highest BCUT2D eigenvalue weighted by Crippen LogP contribution is 2.41. The van der Waals surface area contributed by atoms with E-state index in [-0.39, 0.29) is 12.0 Å². The average Bonchev–Trinajstić information content (AvgIpc) is 3.29. The topological polar surface area (TPSA) is 80.5 Å². The summed E-state index contributed by atoms with van der Waals surface area (Å²) in [6.07, 6.45) is 6.52. The van der Waals surface area contributed by atoms with E-state index in [9.17, 15) is 4.79 Å². The Kier molecular flexibility index (Phi) is 3.93. The Labute approximate surface area is 140 Å². The smallest absolute Gasteiger partial charge is 0.231 e. The SMILES string of the molecule is O=C(NCc1ccco1)[C@]12CCO[C@H]1CCN(c1ncccn1)C2. The van der Waals surface area contributed by atoms with Gasteiger partial charge in [0.25, 0.3) is 0 Å². The summed E-state index contributed by atoms with van der Waals surface area (Å²) in [7, 11) is 0. The lowest BCUT2D eigenvalue weighted by Gasteiger charge is -2.42. The molecular formula is C17H20N4O3. The first-order valence-corrected chi connectivity index (χ1v) is 8.22. The minimum Gasteiger partial charge on any atom is -0.467 e. The third-order valence-corrected chi connectivity index (χ3v) is 4.91. The van der Waals surface area contributed by atoms with Gasteiger partial charge in [-0.25, -0.2) is 9.97 Å². The standard InChI is InChI=1S/C17H20N4O3/c22-15(20-11-13-3-1-9-23-13)17-5-10-24-14(17)4-8-21(12-17)16-18-6-2-7-19-16/h1-3,6-7,9,14H,4-5,8,10-12H2,(H,20,22)/t14-,17-/m0/s1. The van der Waals surface area contributed by atoms with Crippen molar-refractivity contribution in [1.82, 2.24) is 15.3 Å². The zero-order valence-corrected chi connectivity index (χ0v) is 13.4. The molecule has 0 unspecified atom stereocenters. The minimum atomic E-state index is -0.552. The van der Waals surface area contributed by atoms with Gasteiger partial charge in [-0.2, -0.15) is 0 Å². The number of aromatic nitrogens is 2. The summed E-state index contributed by atoms with van der Waals surface area (Å²) in [6.45, 7) is 2.37. The van der Waals surface area contributed by atoms with Crippen molar-refractivity contribution in [2.75, 3.05) is 24.6 Å². The monoisotopic (exact) mass is 328 g/mol. The van der Waals surface area contributed by atoms with E-state index in [2.05, 4.69) is 20.2 Å². The van der Waals surface area contributed by atoms with Crippen molar-refractivity contribution in [1.29, 1.82) is 0 Å². The number of piperidine rings is 1. The number of anilines is 1. The van der Waals surface area contributed by atoms with Crippen molar-refractivity contribution in [2.45, 2.75) is 25.5 Å². The van der Waals surface area contributed by atoms with Crippen LogP contribution in [0.2, 0.25) is 0 Å². The molecule has 2 aliphatic heterocycles. The third-order valence-electron chi connectivity index (χ3n) is 4.91. The number of nitrogens with one attached hydrogen (secondary N) is 1. The number of hydrogen-bond donors (Lipinski definition) is 1. The number of furan rings is 1. The average molecular weight is 328 g/mol. The first-order chi connectivity index (χ1) is 11.8. The number of carbonyl (C=O) groups is 1. The van der Waals surface area contributed by atoms with Gasteiger partial charge in [0.1, 0.15) is 5.76 Å². The summed E-state index contributed by atoms with van der Waals surface area (Å²) in [4.78, 5) is 23.7. The molecule has 2 aromatic heterocycles. The fraction of sp³-hybridized carbons (Fsp3) is 0.471. The van der Waals surface area contributed by atoms with E-state index in [1.165, 1.54) is 0 Å². The van der Waals surface area contributed by atoms with Crippen LogP contribution in [0.1, 0.15) is 18.6 Å². The van der Waals surface area contributed by atoms with Crippen molar-refractivity contribution < 1.29 is 13.9 Å². The molecule has 0 aliphatic carbocycles. The van der Waals surface area contributed by atoms with Gasteiger partial charge in [0.2, 0.25) is 11.9 Å². The van der Waals surface area contributed by atoms with Crippen LogP contribution < -0.4 is 10.2 Å². The first-order valence-electron chi connectivity index (χ1n) is 8.22. The highest BCUT2D eigenvalue weighted by molar-refractivity contribution is 5.84. The van der Waals surface area contributed by atoms with Gasteiger partial charge in [0.05, 0.1) is 24.3 Å². The molecule has 2 saturated heterocycles. The van der Waals surface area contributed by atoms with Gasteiger partial charge in [-0.05, 0) is 31.0 Å². The lowest BCUT2D eigenvalue weighted by atomic mass is 9.75. The molecule has 7 nitrogen and oxygen atoms in total.